The number of pyridine rings is 3. The molecule has 0 bridgehead atoms. The summed E-state index contributed by atoms with van der Waals surface area (Å²) in [5.74, 6) is 0.468. The van der Waals surface area contributed by atoms with Gasteiger partial charge in [0.1, 0.15) is 5.75 Å². The van der Waals surface area contributed by atoms with Crippen molar-refractivity contribution >= 4 is 16.9 Å². The fourth-order valence-corrected chi connectivity index (χ4v) is 3.51. The molecule has 0 aliphatic carbocycles. The van der Waals surface area contributed by atoms with E-state index in [4.69, 9.17) is 4.74 Å². The first-order valence-electron chi connectivity index (χ1n) is 10.3. The lowest BCUT2D eigenvalue weighted by molar-refractivity contribution is 0.0952. The molecule has 4 rings (SSSR count). The summed E-state index contributed by atoms with van der Waals surface area (Å²) >= 11 is 0. The van der Waals surface area contributed by atoms with Crippen LogP contribution >= 0.6 is 0 Å². The molecule has 0 atom stereocenters. The van der Waals surface area contributed by atoms with E-state index in [1.807, 2.05) is 33.8 Å². The third-order valence-corrected chi connectivity index (χ3v) is 5.07. The zero-order valence-corrected chi connectivity index (χ0v) is 18.3. The number of carbonyl (C=O) groups is 1. The van der Waals surface area contributed by atoms with Crippen molar-refractivity contribution in [3.8, 4) is 11.6 Å². The third kappa shape index (κ3) is 4.22. The van der Waals surface area contributed by atoms with Gasteiger partial charge in [0.05, 0.1) is 17.1 Å². The smallest absolute Gasteiger partial charge is 0.253 e. The van der Waals surface area contributed by atoms with Gasteiger partial charge in [0.25, 0.3) is 11.5 Å². The molecule has 4 heterocycles. The van der Waals surface area contributed by atoms with Crippen molar-refractivity contribution in [2.45, 2.75) is 40.3 Å². The molecule has 0 saturated carbocycles. The van der Waals surface area contributed by atoms with Crippen LogP contribution in [-0.2, 0) is 6.54 Å². The maximum Gasteiger partial charge on any atom is 0.253 e. The molecule has 9 heteroatoms. The summed E-state index contributed by atoms with van der Waals surface area (Å²) in [7, 11) is 0. The number of hydrogen-bond acceptors (Lipinski definition) is 6. The minimum atomic E-state index is -0.348. The molecule has 2 N–H and O–H groups in total. The summed E-state index contributed by atoms with van der Waals surface area (Å²) < 4.78 is 7.60. The van der Waals surface area contributed by atoms with E-state index in [0.717, 1.165) is 11.3 Å². The normalized spacial score (nSPS) is 11.2. The van der Waals surface area contributed by atoms with Crippen LogP contribution in [0.4, 0.5) is 0 Å². The van der Waals surface area contributed by atoms with E-state index in [1.54, 1.807) is 41.5 Å². The first kappa shape index (κ1) is 21.2. The van der Waals surface area contributed by atoms with E-state index in [9.17, 15) is 9.59 Å². The molecule has 0 fully saturated rings. The van der Waals surface area contributed by atoms with Crippen molar-refractivity contribution in [2.75, 3.05) is 0 Å². The number of hydrogen-bond donors (Lipinski definition) is 2. The fourth-order valence-electron chi connectivity index (χ4n) is 3.51. The molecule has 0 unspecified atom stereocenters. The highest BCUT2D eigenvalue weighted by molar-refractivity contribution is 6.05. The molecule has 0 aromatic carbocycles. The summed E-state index contributed by atoms with van der Waals surface area (Å²) in [5.41, 5.74) is 2.81. The lowest BCUT2D eigenvalue weighted by Crippen LogP contribution is -2.28. The predicted molar refractivity (Wildman–Crippen MR) is 120 cm³/mol. The van der Waals surface area contributed by atoms with Crippen molar-refractivity contribution < 1.29 is 9.53 Å². The Morgan fingerprint density at radius 1 is 1.22 bits per heavy atom. The Labute approximate surface area is 184 Å². The van der Waals surface area contributed by atoms with Crippen molar-refractivity contribution in [1.29, 1.82) is 0 Å². The largest absolute Gasteiger partial charge is 0.439 e. The number of nitrogens with one attached hydrogen (secondary N) is 2. The highest BCUT2D eigenvalue weighted by Crippen LogP contribution is 2.27. The topological polar surface area (TPSA) is 115 Å². The number of ether oxygens (including phenoxy) is 1. The number of aryl methyl sites for hydroxylation is 2. The number of aromatic amines is 1. The minimum absolute atomic E-state index is 0.0425. The molecule has 0 radical (unpaired) electrons. The highest BCUT2D eigenvalue weighted by atomic mass is 16.5. The summed E-state index contributed by atoms with van der Waals surface area (Å²) in [6.07, 6.45) is 4.85. The Morgan fingerprint density at radius 2 is 1.97 bits per heavy atom. The maximum absolute atomic E-state index is 13.2. The minimum Gasteiger partial charge on any atom is -0.439 e. The average molecular weight is 432 g/mol. The predicted octanol–water partition coefficient (Wildman–Crippen LogP) is 3.43. The van der Waals surface area contributed by atoms with Crippen LogP contribution in [0.2, 0.25) is 0 Å². The number of rotatable bonds is 6. The number of amides is 1. The average Bonchev–Trinajstić information content (AvgIpc) is 3.17. The Hall–Kier alpha value is -4.01. The number of fused-ring (bicyclic) bond motifs is 1. The Balaban J connectivity index is 1.70. The van der Waals surface area contributed by atoms with Crippen LogP contribution in [-0.4, -0.2) is 30.6 Å². The third-order valence-electron chi connectivity index (χ3n) is 5.07. The van der Waals surface area contributed by atoms with Gasteiger partial charge in [0, 0.05) is 42.3 Å². The van der Waals surface area contributed by atoms with E-state index < -0.39 is 0 Å². The molecule has 0 saturated heterocycles. The van der Waals surface area contributed by atoms with Gasteiger partial charge in [0.15, 0.2) is 5.65 Å². The van der Waals surface area contributed by atoms with Gasteiger partial charge in [-0.1, -0.05) is 0 Å². The molecular formula is C23H24N6O3. The number of H-pyrrole nitrogens is 1. The molecule has 164 valence electrons. The second-order valence-corrected chi connectivity index (χ2v) is 7.84. The Morgan fingerprint density at radius 3 is 2.66 bits per heavy atom. The van der Waals surface area contributed by atoms with Crippen LogP contribution in [0, 0.1) is 13.8 Å². The SMILES string of the molecule is Cc1cc(C)c(CNC(=O)c2cc(Oc3ccncc3)nc3c2cnn3C(C)C)c(=O)[nH]1. The lowest BCUT2D eigenvalue weighted by Gasteiger charge is -2.12. The van der Waals surface area contributed by atoms with Crippen molar-refractivity contribution in [3.05, 3.63) is 75.6 Å². The molecule has 0 aliphatic rings. The van der Waals surface area contributed by atoms with Crippen molar-refractivity contribution in [3.63, 3.8) is 0 Å². The van der Waals surface area contributed by atoms with E-state index in [2.05, 4.69) is 25.4 Å². The quantitative estimate of drug-likeness (QED) is 0.482. The molecule has 0 aliphatic heterocycles. The number of nitrogens with zero attached hydrogens (tertiary/aromatic N) is 4. The van der Waals surface area contributed by atoms with Crippen molar-refractivity contribution in [2.24, 2.45) is 0 Å². The molecular weight excluding hydrogens is 408 g/mol. The second kappa shape index (κ2) is 8.62. The van der Waals surface area contributed by atoms with E-state index >= 15 is 0 Å². The molecule has 0 spiro atoms. The zero-order valence-electron chi connectivity index (χ0n) is 18.3. The second-order valence-electron chi connectivity index (χ2n) is 7.84. The number of carbonyl (C=O) groups excluding carboxylic acids is 1. The molecule has 4 aromatic heterocycles. The Bertz CT molecular complexity index is 1340. The van der Waals surface area contributed by atoms with Crippen LogP contribution in [0.3, 0.4) is 0 Å². The first-order valence-corrected chi connectivity index (χ1v) is 10.3. The first-order chi connectivity index (χ1) is 15.3. The summed E-state index contributed by atoms with van der Waals surface area (Å²) in [5, 5.41) is 7.85. The van der Waals surface area contributed by atoms with Crippen LogP contribution in [0.1, 0.15) is 47.1 Å². The maximum atomic E-state index is 13.2. The highest BCUT2D eigenvalue weighted by Gasteiger charge is 2.19. The monoisotopic (exact) mass is 432 g/mol. The van der Waals surface area contributed by atoms with Gasteiger partial charge in [-0.25, -0.2) is 4.68 Å². The fraction of sp³-hybridized carbons (Fsp3) is 0.261. The van der Waals surface area contributed by atoms with E-state index in [0.29, 0.717) is 27.9 Å². The zero-order chi connectivity index (χ0) is 22.8. The van der Waals surface area contributed by atoms with Gasteiger partial charge in [-0.15, -0.1) is 0 Å². The summed E-state index contributed by atoms with van der Waals surface area (Å²) in [4.78, 5) is 36.8. The molecule has 4 aromatic rings. The lowest BCUT2D eigenvalue weighted by atomic mass is 10.1. The summed E-state index contributed by atoms with van der Waals surface area (Å²) in [6, 6.07) is 6.91. The Kier molecular flexibility index (Phi) is 5.72. The van der Waals surface area contributed by atoms with Gasteiger partial charge in [-0.05, 0) is 51.5 Å². The van der Waals surface area contributed by atoms with Crippen molar-refractivity contribution in [1.82, 2.24) is 30.0 Å². The number of aromatic nitrogens is 5. The van der Waals surface area contributed by atoms with E-state index in [1.165, 1.54) is 0 Å². The van der Waals surface area contributed by atoms with Gasteiger partial charge >= 0.3 is 0 Å². The van der Waals surface area contributed by atoms with Crippen LogP contribution in [0.15, 0.2) is 47.7 Å². The molecule has 32 heavy (non-hydrogen) atoms. The molecule has 1 amide bonds. The van der Waals surface area contributed by atoms with Gasteiger partial charge < -0.3 is 15.0 Å². The molecule has 9 nitrogen and oxygen atoms in total. The van der Waals surface area contributed by atoms with Gasteiger partial charge in [-0.3, -0.25) is 14.6 Å². The van der Waals surface area contributed by atoms with Gasteiger partial charge in [0.2, 0.25) is 5.88 Å². The van der Waals surface area contributed by atoms with Crippen LogP contribution in [0.25, 0.3) is 11.0 Å². The van der Waals surface area contributed by atoms with E-state index in [-0.39, 0.29) is 29.9 Å². The van der Waals surface area contributed by atoms with Crippen LogP contribution < -0.4 is 15.6 Å². The summed E-state index contributed by atoms with van der Waals surface area (Å²) in [6.45, 7) is 7.74. The van der Waals surface area contributed by atoms with Crippen LogP contribution in [0.5, 0.6) is 11.6 Å². The standard InChI is InChI=1S/C23H24N6O3/c1-13(2)29-21-19(12-26-29)17(10-20(28-21)32-16-5-7-24-8-6-16)22(30)25-11-18-14(3)9-15(4)27-23(18)31/h5-10,12-13H,11H2,1-4H3,(H,25,30)(H,27,31). The van der Waals surface area contributed by atoms with Gasteiger partial charge in [-0.2, -0.15) is 10.1 Å².